The van der Waals surface area contributed by atoms with Gasteiger partial charge in [0.05, 0.1) is 22.8 Å². The Hall–Kier alpha value is -3.36. The number of halogens is 4. The van der Waals surface area contributed by atoms with Crippen LogP contribution in [0.25, 0.3) is 22.2 Å². The van der Waals surface area contributed by atoms with Gasteiger partial charge in [0.15, 0.2) is 11.6 Å². The average molecular weight is 499 g/mol. The first-order valence-corrected chi connectivity index (χ1v) is 12.3. The van der Waals surface area contributed by atoms with E-state index in [2.05, 4.69) is 5.16 Å². The molecule has 0 bridgehead atoms. The quantitative estimate of drug-likeness (QED) is 0.277. The van der Waals surface area contributed by atoms with Crippen molar-refractivity contribution in [1.82, 2.24) is 14.7 Å². The Morgan fingerprint density at radius 2 is 1.86 bits per heavy atom. The molecule has 188 valence electrons. The van der Waals surface area contributed by atoms with Crippen LogP contribution < -0.4 is 4.90 Å². The SMILES string of the molecule is Cc1noc(C)c1-c1ccc2c(c1)nc([C@@H]1CCCN1c1ccc(F)c(F)c1)n2[C@@H]1CCC(F)(F)C1. The molecule has 2 atom stereocenters. The number of aryl methyl sites for hydroxylation is 2. The number of rotatable bonds is 4. The van der Waals surface area contributed by atoms with Crippen LogP contribution in [0.1, 0.15) is 61.5 Å². The molecule has 0 N–H and O–H groups in total. The van der Waals surface area contributed by atoms with E-state index in [1.807, 2.05) is 41.5 Å². The minimum Gasteiger partial charge on any atom is -0.361 e. The van der Waals surface area contributed by atoms with Crippen LogP contribution in [0.5, 0.6) is 0 Å². The lowest BCUT2D eigenvalue weighted by Crippen LogP contribution is -2.26. The molecular weight excluding hydrogens is 472 g/mol. The van der Waals surface area contributed by atoms with Gasteiger partial charge < -0.3 is 14.0 Å². The van der Waals surface area contributed by atoms with Gasteiger partial charge in [-0.15, -0.1) is 0 Å². The summed E-state index contributed by atoms with van der Waals surface area (Å²) in [6.07, 6.45) is 1.52. The first-order valence-electron chi connectivity index (χ1n) is 12.3. The van der Waals surface area contributed by atoms with Gasteiger partial charge in [0.2, 0.25) is 5.92 Å². The summed E-state index contributed by atoms with van der Waals surface area (Å²) >= 11 is 0. The molecule has 1 aliphatic carbocycles. The van der Waals surface area contributed by atoms with Gasteiger partial charge in [0, 0.05) is 42.7 Å². The van der Waals surface area contributed by atoms with Crippen molar-refractivity contribution in [3.63, 3.8) is 0 Å². The Kier molecular flexibility index (Phi) is 5.35. The summed E-state index contributed by atoms with van der Waals surface area (Å²) in [5.41, 5.74) is 4.61. The molecule has 4 aromatic rings. The summed E-state index contributed by atoms with van der Waals surface area (Å²) < 4.78 is 63.6. The monoisotopic (exact) mass is 498 g/mol. The number of fused-ring (bicyclic) bond motifs is 1. The minimum atomic E-state index is -2.72. The van der Waals surface area contributed by atoms with Gasteiger partial charge in [0.1, 0.15) is 11.6 Å². The summed E-state index contributed by atoms with van der Waals surface area (Å²) in [5.74, 6) is -3.15. The van der Waals surface area contributed by atoms with Crippen LogP contribution in [0.2, 0.25) is 0 Å². The third-order valence-corrected chi connectivity index (χ3v) is 7.57. The van der Waals surface area contributed by atoms with Gasteiger partial charge in [-0.2, -0.15) is 0 Å². The molecule has 2 aromatic carbocycles. The van der Waals surface area contributed by atoms with Gasteiger partial charge in [-0.1, -0.05) is 11.2 Å². The van der Waals surface area contributed by atoms with Gasteiger partial charge in [-0.25, -0.2) is 22.5 Å². The maximum atomic E-state index is 14.3. The lowest BCUT2D eigenvalue weighted by atomic mass is 10.0. The van der Waals surface area contributed by atoms with Crippen LogP contribution in [-0.2, 0) is 0 Å². The second kappa shape index (κ2) is 8.35. The lowest BCUT2D eigenvalue weighted by Gasteiger charge is -2.28. The second-order valence-corrected chi connectivity index (χ2v) is 9.95. The molecule has 1 aliphatic heterocycles. The van der Waals surface area contributed by atoms with Crippen LogP contribution in [0, 0.1) is 25.5 Å². The molecule has 6 rings (SSSR count). The second-order valence-electron chi connectivity index (χ2n) is 9.95. The maximum Gasteiger partial charge on any atom is 0.250 e. The first kappa shape index (κ1) is 23.1. The third kappa shape index (κ3) is 3.76. The average Bonchev–Trinajstić information content (AvgIpc) is 3.60. The van der Waals surface area contributed by atoms with E-state index in [1.54, 1.807) is 6.07 Å². The predicted molar refractivity (Wildman–Crippen MR) is 128 cm³/mol. The standard InChI is InChI=1S/C27H26F4N4O/c1-15-25(16(2)36-33-15)17-5-8-23-22(12-17)32-26(35(23)19-9-10-27(30,31)14-19)24-4-3-11-34(24)18-6-7-20(28)21(29)13-18/h5-8,12-13,19,24H,3-4,9-11,14H2,1-2H3/t19-,24+/m1/s1. The van der Waals surface area contributed by atoms with E-state index in [9.17, 15) is 17.6 Å². The van der Waals surface area contributed by atoms with Crippen LogP contribution in [0.15, 0.2) is 40.9 Å². The molecule has 1 saturated heterocycles. The van der Waals surface area contributed by atoms with Gasteiger partial charge >= 0.3 is 0 Å². The molecule has 0 unspecified atom stereocenters. The fourth-order valence-corrected chi connectivity index (χ4v) is 5.94. The largest absolute Gasteiger partial charge is 0.361 e. The Bertz CT molecular complexity index is 1440. The highest BCUT2D eigenvalue weighted by atomic mass is 19.3. The van der Waals surface area contributed by atoms with Crippen molar-refractivity contribution < 1.29 is 22.1 Å². The number of anilines is 1. The number of hydrogen-bond donors (Lipinski definition) is 0. The summed E-state index contributed by atoms with van der Waals surface area (Å²) in [6.45, 7) is 4.37. The normalized spacial score (nSPS) is 21.7. The van der Waals surface area contributed by atoms with Crippen molar-refractivity contribution >= 4 is 16.7 Å². The van der Waals surface area contributed by atoms with E-state index in [-0.39, 0.29) is 18.9 Å². The molecule has 9 heteroatoms. The minimum absolute atomic E-state index is 0.161. The van der Waals surface area contributed by atoms with Crippen molar-refractivity contribution in [2.75, 3.05) is 11.4 Å². The summed E-state index contributed by atoms with van der Waals surface area (Å²) in [4.78, 5) is 6.99. The molecule has 0 radical (unpaired) electrons. The Morgan fingerprint density at radius 3 is 2.56 bits per heavy atom. The first-order chi connectivity index (χ1) is 17.2. The maximum absolute atomic E-state index is 14.3. The van der Waals surface area contributed by atoms with Gasteiger partial charge in [-0.05, 0) is 62.9 Å². The summed E-state index contributed by atoms with van der Waals surface area (Å²) in [6, 6.07) is 9.08. The Labute approximate surface area is 205 Å². The molecular formula is C27H26F4N4O. The zero-order valence-electron chi connectivity index (χ0n) is 20.1. The van der Waals surface area contributed by atoms with Crippen molar-refractivity contribution in [2.24, 2.45) is 0 Å². The molecule has 0 spiro atoms. The lowest BCUT2D eigenvalue weighted by molar-refractivity contribution is 0.00566. The van der Waals surface area contributed by atoms with Crippen molar-refractivity contribution in [2.45, 2.75) is 64.0 Å². The van der Waals surface area contributed by atoms with Crippen LogP contribution in [0.3, 0.4) is 0 Å². The van der Waals surface area contributed by atoms with Crippen molar-refractivity contribution in [3.8, 4) is 11.1 Å². The van der Waals surface area contributed by atoms with Gasteiger partial charge in [-0.3, -0.25) is 0 Å². The van der Waals surface area contributed by atoms with E-state index in [0.29, 0.717) is 35.8 Å². The summed E-state index contributed by atoms with van der Waals surface area (Å²) in [5, 5.41) is 4.05. The number of alkyl halides is 2. The van der Waals surface area contributed by atoms with E-state index >= 15 is 0 Å². The molecule has 1 saturated carbocycles. The topological polar surface area (TPSA) is 47.1 Å². The Morgan fingerprint density at radius 1 is 1.03 bits per heavy atom. The van der Waals surface area contributed by atoms with Crippen LogP contribution in [0.4, 0.5) is 23.2 Å². The number of hydrogen-bond acceptors (Lipinski definition) is 4. The fourth-order valence-electron chi connectivity index (χ4n) is 5.94. The highest BCUT2D eigenvalue weighted by molar-refractivity contribution is 5.84. The molecule has 2 aliphatic rings. The highest BCUT2D eigenvalue weighted by Gasteiger charge is 2.43. The third-order valence-electron chi connectivity index (χ3n) is 7.57. The highest BCUT2D eigenvalue weighted by Crippen LogP contribution is 2.46. The smallest absolute Gasteiger partial charge is 0.250 e. The van der Waals surface area contributed by atoms with E-state index in [4.69, 9.17) is 9.51 Å². The molecule has 2 aromatic heterocycles. The zero-order valence-corrected chi connectivity index (χ0v) is 20.1. The van der Waals surface area contributed by atoms with E-state index in [1.165, 1.54) is 6.07 Å². The van der Waals surface area contributed by atoms with Gasteiger partial charge in [0.25, 0.3) is 0 Å². The van der Waals surface area contributed by atoms with Crippen LogP contribution in [-0.4, -0.2) is 27.2 Å². The fraction of sp³-hybridized carbons (Fsp3) is 0.407. The van der Waals surface area contributed by atoms with Crippen LogP contribution >= 0.6 is 0 Å². The van der Waals surface area contributed by atoms with Crippen molar-refractivity contribution in [3.05, 3.63) is 65.3 Å². The molecule has 3 heterocycles. The van der Waals surface area contributed by atoms with E-state index in [0.717, 1.165) is 41.2 Å². The molecule has 2 fully saturated rings. The summed E-state index contributed by atoms with van der Waals surface area (Å²) in [7, 11) is 0. The Balaban J connectivity index is 1.49. The van der Waals surface area contributed by atoms with Crippen molar-refractivity contribution in [1.29, 1.82) is 0 Å². The molecule has 0 amide bonds. The van der Waals surface area contributed by atoms with E-state index < -0.39 is 23.6 Å². The number of imidazole rings is 1. The number of benzene rings is 2. The molecule has 36 heavy (non-hydrogen) atoms. The number of nitrogens with zero attached hydrogens (tertiary/aromatic N) is 4. The predicted octanol–water partition coefficient (Wildman–Crippen LogP) is 7.29. The zero-order chi connectivity index (χ0) is 25.2. The molecule has 5 nitrogen and oxygen atoms in total. The number of aromatic nitrogens is 3.